The predicted octanol–water partition coefficient (Wildman–Crippen LogP) is 2.80. The highest BCUT2D eigenvalue weighted by molar-refractivity contribution is 4.90. The van der Waals surface area contributed by atoms with Crippen molar-refractivity contribution in [3.8, 4) is 0 Å². The summed E-state index contributed by atoms with van der Waals surface area (Å²) in [5.74, 6) is 0. The lowest BCUT2D eigenvalue weighted by Gasteiger charge is -2.44. The Balaban J connectivity index is 1.85. The highest BCUT2D eigenvalue weighted by atomic mass is 16.5. The van der Waals surface area contributed by atoms with Crippen molar-refractivity contribution in [1.29, 1.82) is 0 Å². The number of likely N-dealkylation sites (tertiary alicyclic amines) is 1. The van der Waals surface area contributed by atoms with Crippen LogP contribution in [0, 0.1) is 0 Å². The maximum absolute atomic E-state index is 5.97. The van der Waals surface area contributed by atoms with Crippen LogP contribution in [-0.2, 0) is 4.74 Å². The molecule has 0 aliphatic carbocycles. The fraction of sp³-hybridized carbons (Fsp3) is 1.00. The second-order valence-electron chi connectivity index (χ2n) is 6.19. The van der Waals surface area contributed by atoms with Crippen LogP contribution in [0.5, 0.6) is 0 Å². The summed E-state index contributed by atoms with van der Waals surface area (Å²) in [6, 6.07) is 1.41. The Morgan fingerprint density at radius 2 is 1.95 bits per heavy atom. The van der Waals surface area contributed by atoms with Gasteiger partial charge in [0, 0.05) is 31.7 Å². The molecule has 0 unspecified atom stereocenters. The van der Waals surface area contributed by atoms with Crippen molar-refractivity contribution in [2.75, 3.05) is 26.2 Å². The molecule has 3 heteroatoms. The first-order valence-electron chi connectivity index (χ1n) is 8.44. The molecule has 3 nitrogen and oxygen atoms in total. The van der Waals surface area contributed by atoms with Crippen LogP contribution in [0.4, 0.5) is 0 Å². The number of nitrogens with zero attached hydrogens (tertiary/aromatic N) is 1. The summed E-state index contributed by atoms with van der Waals surface area (Å²) < 4.78 is 5.97. The first-order valence-corrected chi connectivity index (χ1v) is 8.44. The lowest BCUT2D eigenvalue weighted by atomic mass is 9.95. The van der Waals surface area contributed by atoms with Gasteiger partial charge >= 0.3 is 0 Å². The quantitative estimate of drug-likeness (QED) is 0.768. The highest BCUT2D eigenvalue weighted by Crippen LogP contribution is 2.23. The Hall–Kier alpha value is -0.120. The zero-order chi connectivity index (χ0) is 13.5. The lowest BCUT2D eigenvalue weighted by Crippen LogP contribution is -2.59. The number of unbranched alkanes of at least 4 members (excludes halogenated alkanes) is 2. The zero-order valence-corrected chi connectivity index (χ0v) is 12.9. The summed E-state index contributed by atoms with van der Waals surface area (Å²) in [6.45, 7) is 8.94. The van der Waals surface area contributed by atoms with Gasteiger partial charge in [0.1, 0.15) is 0 Å². The summed E-state index contributed by atoms with van der Waals surface area (Å²) in [4.78, 5) is 2.72. The molecule has 0 aromatic heterocycles. The second kappa shape index (κ2) is 8.23. The minimum Gasteiger partial charge on any atom is -0.374 e. The molecule has 0 saturated carbocycles. The monoisotopic (exact) mass is 268 g/mol. The van der Waals surface area contributed by atoms with Crippen molar-refractivity contribution in [3.05, 3.63) is 0 Å². The highest BCUT2D eigenvalue weighted by Gasteiger charge is 2.34. The molecule has 0 radical (unpaired) electrons. The van der Waals surface area contributed by atoms with Crippen LogP contribution in [0.3, 0.4) is 0 Å². The molecule has 0 bridgehead atoms. The molecule has 19 heavy (non-hydrogen) atoms. The van der Waals surface area contributed by atoms with Gasteiger partial charge in [-0.1, -0.05) is 39.5 Å². The number of nitrogens with one attached hydrogen (secondary N) is 1. The molecular formula is C16H32N2O. The summed E-state index contributed by atoms with van der Waals surface area (Å²) in [6.07, 6.45) is 9.84. The third-order valence-corrected chi connectivity index (χ3v) is 4.73. The predicted molar refractivity (Wildman–Crippen MR) is 80.6 cm³/mol. The van der Waals surface area contributed by atoms with Gasteiger partial charge in [0.15, 0.2) is 0 Å². The van der Waals surface area contributed by atoms with Crippen LogP contribution in [0.25, 0.3) is 0 Å². The first kappa shape index (κ1) is 15.3. The van der Waals surface area contributed by atoms with E-state index in [-0.39, 0.29) is 0 Å². The van der Waals surface area contributed by atoms with Gasteiger partial charge in [-0.25, -0.2) is 0 Å². The van der Waals surface area contributed by atoms with Gasteiger partial charge in [-0.2, -0.15) is 0 Å². The average Bonchev–Trinajstić information content (AvgIpc) is 2.47. The van der Waals surface area contributed by atoms with Gasteiger partial charge in [-0.3, -0.25) is 4.90 Å². The second-order valence-corrected chi connectivity index (χ2v) is 6.19. The van der Waals surface area contributed by atoms with Crippen LogP contribution < -0.4 is 5.32 Å². The number of rotatable bonds is 7. The first-order chi connectivity index (χ1) is 9.35. The molecule has 2 heterocycles. The molecule has 0 amide bonds. The molecular weight excluding hydrogens is 236 g/mol. The summed E-state index contributed by atoms with van der Waals surface area (Å²) in [5.41, 5.74) is 0. The Morgan fingerprint density at radius 3 is 2.63 bits per heavy atom. The smallest absolute Gasteiger partial charge is 0.0855 e. The SMILES string of the molecule is CCCCC(CCCC)N1CC[C@H]2NCCO[C@H]2C1. The van der Waals surface area contributed by atoms with Crippen molar-refractivity contribution in [2.45, 2.75) is 77.0 Å². The van der Waals surface area contributed by atoms with E-state index in [1.54, 1.807) is 0 Å². The average molecular weight is 268 g/mol. The molecule has 0 aromatic carbocycles. The van der Waals surface area contributed by atoms with E-state index >= 15 is 0 Å². The minimum absolute atomic E-state index is 0.438. The Morgan fingerprint density at radius 1 is 1.21 bits per heavy atom. The summed E-state index contributed by atoms with van der Waals surface area (Å²) >= 11 is 0. The molecule has 1 N–H and O–H groups in total. The van der Waals surface area contributed by atoms with E-state index in [0.717, 1.165) is 25.7 Å². The molecule has 2 fully saturated rings. The van der Waals surface area contributed by atoms with E-state index in [9.17, 15) is 0 Å². The number of hydrogen-bond acceptors (Lipinski definition) is 3. The van der Waals surface area contributed by atoms with Crippen molar-refractivity contribution >= 4 is 0 Å². The minimum atomic E-state index is 0.438. The van der Waals surface area contributed by atoms with Crippen molar-refractivity contribution < 1.29 is 4.74 Å². The maximum atomic E-state index is 5.97. The number of hydrogen-bond donors (Lipinski definition) is 1. The summed E-state index contributed by atoms with van der Waals surface area (Å²) in [7, 11) is 0. The van der Waals surface area contributed by atoms with Crippen molar-refractivity contribution in [3.63, 3.8) is 0 Å². The maximum Gasteiger partial charge on any atom is 0.0855 e. The van der Waals surface area contributed by atoms with E-state index in [2.05, 4.69) is 24.1 Å². The molecule has 2 atom stereocenters. The molecule has 0 spiro atoms. The number of morpholine rings is 1. The normalized spacial score (nSPS) is 28.6. The van der Waals surface area contributed by atoms with Gasteiger partial charge in [-0.05, 0) is 19.3 Å². The fourth-order valence-corrected chi connectivity index (χ4v) is 3.52. The molecule has 2 aliphatic rings. The Labute approximate surface area is 119 Å². The van der Waals surface area contributed by atoms with Gasteiger partial charge < -0.3 is 10.1 Å². The standard InChI is InChI=1S/C16H32N2O/c1-3-5-7-14(8-6-4-2)18-11-9-15-16(13-18)19-12-10-17-15/h14-17H,3-13H2,1-2H3/t15-,16+/m1/s1. The van der Waals surface area contributed by atoms with Gasteiger partial charge in [0.2, 0.25) is 0 Å². The van der Waals surface area contributed by atoms with E-state index in [4.69, 9.17) is 4.74 Å². The molecule has 112 valence electrons. The third kappa shape index (κ3) is 4.44. The van der Waals surface area contributed by atoms with Gasteiger partial charge in [0.05, 0.1) is 12.7 Å². The summed E-state index contributed by atoms with van der Waals surface area (Å²) in [5, 5.41) is 3.62. The number of ether oxygens (including phenoxy) is 1. The Kier molecular flexibility index (Phi) is 6.62. The van der Waals surface area contributed by atoms with Crippen molar-refractivity contribution in [1.82, 2.24) is 10.2 Å². The topological polar surface area (TPSA) is 24.5 Å². The van der Waals surface area contributed by atoms with E-state index in [0.29, 0.717) is 12.1 Å². The molecule has 0 aromatic rings. The van der Waals surface area contributed by atoms with E-state index in [1.807, 2.05) is 0 Å². The van der Waals surface area contributed by atoms with Crippen LogP contribution in [0.15, 0.2) is 0 Å². The molecule has 2 aliphatic heterocycles. The van der Waals surface area contributed by atoms with Crippen molar-refractivity contribution in [2.24, 2.45) is 0 Å². The third-order valence-electron chi connectivity index (χ3n) is 4.73. The zero-order valence-electron chi connectivity index (χ0n) is 12.9. The van der Waals surface area contributed by atoms with Gasteiger partial charge in [-0.15, -0.1) is 0 Å². The van der Waals surface area contributed by atoms with E-state index < -0.39 is 0 Å². The largest absolute Gasteiger partial charge is 0.374 e. The number of fused-ring (bicyclic) bond motifs is 1. The van der Waals surface area contributed by atoms with Crippen LogP contribution in [0.2, 0.25) is 0 Å². The number of piperidine rings is 1. The fourth-order valence-electron chi connectivity index (χ4n) is 3.52. The molecule has 2 saturated heterocycles. The van der Waals surface area contributed by atoms with Crippen LogP contribution in [0.1, 0.15) is 58.8 Å². The molecule has 2 rings (SSSR count). The van der Waals surface area contributed by atoms with Crippen LogP contribution in [-0.4, -0.2) is 49.3 Å². The Bertz CT molecular complexity index is 239. The van der Waals surface area contributed by atoms with E-state index in [1.165, 1.54) is 51.5 Å². The van der Waals surface area contributed by atoms with Crippen LogP contribution >= 0.6 is 0 Å². The lowest BCUT2D eigenvalue weighted by molar-refractivity contribution is -0.0581. The van der Waals surface area contributed by atoms with Gasteiger partial charge in [0.25, 0.3) is 0 Å².